The van der Waals surface area contributed by atoms with Gasteiger partial charge >= 0.3 is 0 Å². The van der Waals surface area contributed by atoms with Gasteiger partial charge in [-0.25, -0.2) is 0 Å². The lowest BCUT2D eigenvalue weighted by molar-refractivity contribution is -0.402. The van der Waals surface area contributed by atoms with Crippen molar-refractivity contribution >= 4 is 11.4 Å². The van der Waals surface area contributed by atoms with Crippen molar-refractivity contribution in [1.29, 1.82) is 0 Å². The summed E-state index contributed by atoms with van der Waals surface area (Å²) in [5.74, 6) is 0. The summed E-state index contributed by atoms with van der Waals surface area (Å²) in [5, 5.41) is 22.8. The molecule has 0 unspecified atom stereocenters. The third-order valence-electron chi connectivity index (χ3n) is 1.52. The topological polar surface area (TPSA) is 98.3 Å². The Labute approximate surface area is 84.3 Å². The van der Waals surface area contributed by atoms with Gasteiger partial charge in [0, 0.05) is 17.8 Å². The van der Waals surface area contributed by atoms with E-state index in [0.717, 1.165) is 12.4 Å². The third-order valence-corrected chi connectivity index (χ3v) is 1.52. The minimum absolute atomic E-state index is 0.0289. The van der Waals surface area contributed by atoms with Gasteiger partial charge in [-0.1, -0.05) is 0 Å². The van der Waals surface area contributed by atoms with Crippen molar-refractivity contribution in [3.05, 3.63) is 56.9 Å². The van der Waals surface area contributed by atoms with Gasteiger partial charge in [-0.15, -0.1) is 0 Å². The van der Waals surface area contributed by atoms with Crippen LogP contribution in [0.3, 0.4) is 0 Å². The van der Waals surface area contributed by atoms with Gasteiger partial charge in [0.05, 0.1) is 16.0 Å². The molecule has 0 aliphatic carbocycles. The second-order valence-corrected chi connectivity index (χ2v) is 2.55. The Balaban J connectivity index is 2.65. The van der Waals surface area contributed by atoms with Gasteiger partial charge in [0.15, 0.2) is 0 Å². The summed E-state index contributed by atoms with van der Waals surface area (Å²) in [5.41, 5.74) is 0.512. The summed E-state index contributed by atoms with van der Waals surface area (Å²) in [6, 6.07) is 5.54. The molecule has 0 saturated heterocycles. The zero-order valence-electron chi connectivity index (χ0n) is 7.49. The summed E-state index contributed by atoms with van der Waals surface area (Å²) in [7, 11) is 0. The first kappa shape index (κ1) is 10.6. The van der Waals surface area contributed by atoms with Crippen LogP contribution < -0.4 is 5.32 Å². The van der Waals surface area contributed by atoms with Crippen LogP contribution >= 0.6 is 0 Å². The molecule has 0 spiro atoms. The molecule has 0 aromatic heterocycles. The van der Waals surface area contributed by atoms with E-state index in [1.165, 1.54) is 24.3 Å². The number of nitro groups is 2. The maximum Gasteiger partial charge on any atom is 0.269 e. The third kappa shape index (κ3) is 3.43. The Hall–Kier alpha value is -2.44. The van der Waals surface area contributed by atoms with Crippen LogP contribution in [0.2, 0.25) is 0 Å². The molecular weight excluding hydrogens is 202 g/mol. The van der Waals surface area contributed by atoms with E-state index in [9.17, 15) is 20.2 Å². The van der Waals surface area contributed by atoms with Crippen LogP contribution in [0, 0.1) is 20.2 Å². The number of benzene rings is 1. The number of nitro benzene ring substituents is 1. The fraction of sp³-hybridized carbons (Fsp3) is 0. The van der Waals surface area contributed by atoms with Crippen molar-refractivity contribution < 1.29 is 9.85 Å². The minimum atomic E-state index is -0.613. The molecule has 7 heteroatoms. The second-order valence-electron chi connectivity index (χ2n) is 2.55. The highest BCUT2D eigenvalue weighted by Crippen LogP contribution is 2.14. The zero-order valence-corrected chi connectivity index (χ0v) is 7.49. The van der Waals surface area contributed by atoms with Gasteiger partial charge < -0.3 is 5.32 Å². The Bertz CT molecular complexity index is 399. The molecule has 0 atom stereocenters. The molecule has 0 aliphatic heterocycles. The number of nitrogens with zero attached hydrogens (tertiary/aromatic N) is 2. The number of anilines is 1. The first-order chi connectivity index (χ1) is 7.09. The van der Waals surface area contributed by atoms with Crippen LogP contribution in [0.4, 0.5) is 11.4 Å². The largest absolute Gasteiger partial charge is 0.356 e. The summed E-state index contributed by atoms with van der Waals surface area (Å²) in [6.45, 7) is 0. The van der Waals surface area contributed by atoms with E-state index < -0.39 is 9.85 Å². The molecule has 0 aliphatic rings. The molecule has 1 aromatic rings. The summed E-state index contributed by atoms with van der Waals surface area (Å²) in [6.07, 6.45) is 1.88. The van der Waals surface area contributed by atoms with Crippen molar-refractivity contribution in [2.75, 3.05) is 5.32 Å². The van der Waals surface area contributed by atoms with Crippen molar-refractivity contribution in [1.82, 2.24) is 0 Å². The lowest BCUT2D eigenvalue weighted by atomic mass is 10.3. The average molecular weight is 209 g/mol. The standard InChI is InChI=1S/C8H7N3O4/c12-10(13)6-5-9-7-1-3-8(4-2-7)11(14)15/h1-6,9H/b6-5+. The first-order valence-corrected chi connectivity index (χ1v) is 3.91. The molecule has 1 N–H and O–H groups in total. The van der Waals surface area contributed by atoms with Gasteiger partial charge in [0.25, 0.3) is 5.69 Å². The molecule has 0 amide bonds. The number of hydrogen-bond acceptors (Lipinski definition) is 5. The molecule has 15 heavy (non-hydrogen) atoms. The van der Waals surface area contributed by atoms with Crippen LogP contribution in [-0.4, -0.2) is 9.85 Å². The molecule has 0 saturated carbocycles. The van der Waals surface area contributed by atoms with Crippen molar-refractivity contribution in [3.63, 3.8) is 0 Å². The quantitative estimate of drug-likeness (QED) is 0.601. The predicted octanol–water partition coefficient (Wildman–Crippen LogP) is 1.75. The molecule has 78 valence electrons. The fourth-order valence-electron chi connectivity index (χ4n) is 0.874. The summed E-state index contributed by atoms with van der Waals surface area (Å²) in [4.78, 5) is 19.1. The van der Waals surface area contributed by atoms with E-state index in [0.29, 0.717) is 5.69 Å². The second kappa shape index (κ2) is 4.70. The van der Waals surface area contributed by atoms with Gasteiger partial charge in [-0.2, -0.15) is 0 Å². The zero-order chi connectivity index (χ0) is 11.3. The summed E-state index contributed by atoms with van der Waals surface area (Å²) < 4.78 is 0. The molecule has 1 rings (SSSR count). The van der Waals surface area contributed by atoms with E-state index in [1.807, 2.05) is 0 Å². The number of non-ortho nitro benzene ring substituents is 1. The molecule has 0 heterocycles. The number of rotatable bonds is 4. The summed E-state index contributed by atoms with van der Waals surface area (Å²) >= 11 is 0. The first-order valence-electron chi connectivity index (χ1n) is 3.91. The Morgan fingerprint density at radius 2 is 1.73 bits per heavy atom. The maximum atomic E-state index is 10.3. The van der Waals surface area contributed by atoms with Crippen LogP contribution in [0.5, 0.6) is 0 Å². The van der Waals surface area contributed by atoms with Gasteiger partial charge in [-0.05, 0) is 12.1 Å². The van der Waals surface area contributed by atoms with Crippen LogP contribution in [0.1, 0.15) is 0 Å². The molecule has 0 bridgehead atoms. The SMILES string of the molecule is O=[N+]([O-])/C=C/Nc1ccc([N+](=O)[O-])cc1. The van der Waals surface area contributed by atoms with E-state index in [4.69, 9.17) is 0 Å². The van der Waals surface area contributed by atoms with Gasteiger partial charge in [0.2, 0.25) is 6.20 Å². The lowest BCUT2D eigenvalue weighted by Crippen LogP contribution is -1.92. The highest BCUT2D eigenvalue weighted by Gasteiger charge is 2.02. The van der Waals surface area contributed by atoms with Crippen molar-refractivity contribution in [3.8, 4) is 0 Å². The highest BCUT2D eigenvalue weighted by atomic mass is 16.6. The van der Waals surface area contributed by atoms with Crippen molar-refractivity contribution in [2.24, 2.45) is 0 Å². The normalized spacial score (nSPS) is 10.1. The predicted molar refractivity (Wildman–Crippen MR) is 52.9 cm³/mol. The van der Waals surface area contributed by atoms with Crippen LogP contribution in [0.15, 0.2) is 36.7 Å². The molecule has 0 fully saturated rings. The smallest absolute Gasteiger partial charge is 0.269 e. The van der Waals surface area contributed by atoms with E-state index in [2.05, 4.69) is 5.32 Å². The average Bonchev–Trinajstić information content (AvgIpc) is 2.18. The van der Waals surface area contributed by atoms with E-state index in [-0.39, 0.29) is 5.69 Å². The van der Waals surface area contributed by atoms with Crippen molar-refractivity contribution in [2.45, 2.75) is 0 Å². The Morgan fingerprint density at radius 1 is 1.13 bits per heavy atom. The minimum Gasteiger partial charge on any atom is -0.356 e. The van der Waals surface area contributed by atoms with E-state index >= 15 is 0 Å². The maximum absolute atomic E-state index is 10.3. The Kier molecular flexibility index (Phi) is 3.33. The Morgan fingerprint density at radius 3 is 2.20 bits per heavy atom. The monoisotopic (exact) mass is 209 g/mol. The number of hydrogen-bond donors (Lipinski definition) is 1. The van der Waals surface area contributed by atoms with Gasteiger partial charge in [-0.3, -0.25) is 20.2 Å². The van der Waals surface area contributed by atoms with E-state index in [1.54, 1.807) is 0 Å². The molecule has 0 radical (unpaired) electrons. The molecular formula is C8H7N3O4. The number of nitrogens with one attached hydrogen (secondary N) is 1. The lowest BCUT2D eigenvalue weighted by Gasteiger charge is -1.97. The fourth-order valence-corrected chi connectivity index (χ4v) is 0.874. The van der Waals surface area contributed by atoms with Crippen LogP contribution in [0.25, 0.3) is 0 Å². The molecule has 1 aromatic carbocycles. The highest BCUT2D eigenvalue weighted by molar-refractivity contribution is 5.49. The van der Waals surface area contributed by atoms with Crippen LogP contribution in [-0.2, 0) is 0 Å². The van der Waals surface area contributed by atoms with Gasteiger partial charge in [0.1, 0.15) is 0 Å². The molecule has 7 nitrogen and oxygen atoms in total.